The summed E-state index contributed by atoms with van der Waals surface area (Å²) in [4.78, 5) is 17.3. The van der Waals surface area contributed by atoms with Crippen molar-refractivity contribution in [3.8, 4) is 0 Å². The zero-order chi connectivity index (χ0) is 13.7. The van der Waals surface area contributed by atoms with Crippen LogP contribution in [0.1, 0.15) is 12.5 Å². The number of anilines is 1. The summed E-state index contributed by atoms with van der Waals surface area (Å²) >= 11 is 1.54. The normalized spacial score (nSPS) is 11.9. The number of amides is 1. The number of nitrogens with zero attached hydrogens (tertiary/aromatic N) is 1. The van der Waals surface area contributed by atoms with Crippen molar-refractivity contribution in [3.05, 3.63) is 54.2 Å². The first-order valence-electron chi connectivity index (χ1n) is 6.11. The number of hydrogen-bond donors (Lipinski definition) is 1. The Kier molecular flexibility index (Phi) is 4.58. The lowest BCUT2D eigenvalue weighted by molar-refractivity contribution is -0.115. The predicted molar refractivity (Wildman–Crippen MR) is 79.4 cm³/mol. The molecule has 19 heavy (non-hydrogen) atoms. The molecule has 0 aliphatic rings. The number of benzene rings is 1. The van der Waals surface area contributed by atoms with Crippen molar-refractivity contribution in [2.24, 2.45) is 0 Å². The minimum absolute atomic E-state index is 0.0318. The summed E-state index contributed by atoms with van der Waals surface area (Å²) in [5.74, 6) is 0.601. The predicted octanol–water partition coefficient (Wildman–Crippen LogP) is 3.51. The fourth-order valence-electron chi connectivity index (χ4n) is 1.59. The van der Waals surface area contributed by atoms with Crippen LogP contribution < -0.4 is 5.32 Å². The highest BCUT2D eigenvalue weighted by Gasteiger charge is 2.15. The third-order valence-corrected chi connectivity index (χ3v) is 3.79. The molecule has 1 atom stereocenters. The van der Waals surface area contributed by atoms with Crippen molar-refractivity contribution in [1.29, 1.82) is 0 Å². The quantitative estimate of drug-likeness (QED) is 0.866. The van der Waals surface area contributed by atoms with Gasteiger partial charge < -0.3 is 5.32 Å². The lowest BCUT2D eigenvalue weighted by Gasteiger charge is -2.12. The van der Waals surface area contributed by atoms with Crippen LogP contribution in [-0.2, 0) is 4.79 Å². The second-order valence-corrected chi connectivity index (χ2v) is 5.65. The van der Waals surface area contributed by atoms with Crippen LogP contribution in [0.3, 0.4) is 0 Å². The Bertz CT molecular complexity index is 557. The molecule has 0 fully saturated rings. The molecule has 0 saturated carbocycles. The highest BCUT2D eigenvalue weighted by molar-refractivity contribution is 8.00. The molecular weight excluding hydrogens is 256 g/mol. The van der Waals surface area contributed by atoms with E-state index in [9.17, 15) is 4.79 Å². The van der Waals surface area contributed by atoms with Crippen molar-refractivity contribution >= 4 is 23.5 Å². The molecule has 0 bridgehead atoms. The number of carbonyl (C=O) groups excluding carboxylic acids is 1. The average Bonchev–Trinajstić information content (AvgIpc) is 2.42. The molecule has 0 saturated heterocycles. The molecule has 98 valence electrons. The Labute approximate surface area is 117 Å². The van der Waals surface area contributed by atoms with E-state index >= 15 is 0 Å². The van der Waals surface area contributed by atoms with Crippen LogP contribution in [0.15, 0.2) is 53.6 Å². The Balaban J connectivity index is 1.99. The highest BCUT2D eigenvalue weighted by Crippen LogP contribution is 2.23. The fourth-order valence-corrected chi connectivity index (χ4v) is 2.48. The molecule has 0 spiro atoms. The van der Waals surface area contributed by atoms with Gasteiger partial charge in [-0.05, 0) is 37.6 Å². The SMILES string of the molecule is Cc1cccnc1NC(=O)C(C)Sc1ccccc1. The molecule has 0 aliphatic carbocycles. The summed E-state index contributed by atoms with van der Waals surface area (Å²) in [5, 5.41) is 2.70. The van der Waals surface area contributed by atoms with E-state index in [-0.39, 0.29) is 11.2 Å². The summed E-state index contributed by atoms with van der Waals surface area (Å²) in [7, 11) is 0. The van der Waals surface area contributed by atoms with Crippen molar-refractivity contribution < 1.29 is 4.79 Å². The minimum Gasteiger partial charge on any atom is -0.310 e. The van der Waals surface area contributed by atoms with Gasteiger partial charge in [-0.3, -0.25) is 4.79 Å². The molecule has 1 N–H and O–H groups in total. The van der Waals surface area contributed by atoms with Crippen LogP contribution in [0.4, 0.5) is 5.82 Å². The van der Waals surface area contributed by atoms with E-state index in [1.807, 2.05) is 56.3 Å². The number of aromatic nitrogens is 1. The zero-order valence-corrected chi connectivity index (χ0v) is 11.8. The summed E-state index contributed by atoms with van der Waals surface area (Å²) in [6, 6.07) is 13.7. The van der Waals surface area contributed by atoms with E-state index in [0.717, 1.165) is 10.5 Å². The molecule has 1 aromatic heterocycles. The minimum atomic E-state index is -0.163. The van der Waals surface area contributed by atoms with Gasteiger partial charge in [-0.1, -0.05) is 24.3 Å². The number of pyridine rings is 1. The largest absolute Gasteiger partial charge is 0.310 e. The standard InChI is InChI=1S/C15H16N2OS/c1-11-7-6-10-16-14(11)17-15(18)12(2)19-13-8-4-3-5-9-13/h3-10,12H,1-2H3,(H,16,17,18). The second kappa shape index (κ2) is 6.38. The van der Waals surface area contributed by atoms with Crippen LogP contribution in [0.5, 0.6) is 0 Å². The maximum absolute atomic E-state index is 12.1. The first-order valence-corrected chi connectivity index (χ1v) is 6.99. The molecule has 0 aliphatic heterocycles. The summed E-state index contributed by atoms with van der Waals surface area (Å²) in [6.07, 6.45) is 1.68. The molecular formula is C15H16N2OS. The monoisotopic (exact) mass is 272 g/mol. The topological polar surface area (TPSA) is 42.0 Å². The molecule has 4 heteroatoms. The zero-order valence-electron chi connectivity index (χ0n) is 11.0. The third kappa shape index (κ3) is 3.83. The van der Waals surface area contributed by atoms with Gasteiger partial charge in [0.2, 0.25) is 5.91 Å². The molecule has 1 aromatic carbocycles. The van der Waals surface area contributed by atoms with Crippen molar-refractivity contribution in [3.63, 3.8) is 0 Å². The second-order valence-electron chi connectivity index (χ2n) is 4.23. The Morgan fingerprint density at radius 2 is 1.95 bits per heavy atom. The van der Waals surface area contributed by atoms with Crippen molar-refractivity contribution in [2.75, 3.05) is 5.32 Å². The van der Waals surface area contributed by atoms with Crippen molar-refractivity contribution in [1.82, 2.24) is 4.98 Å². The summed E-state index contributed by atoms with van der Waals surface area (Å²) < 4.78 is 0. The van der Waals surface area contributed by atoms with Gasteiger partial charge in [0, 0.05) is 11.1 Å². The van der Waals surface area contributed by atoms with Gasteiger partial charge in [0.25, 0.3) is 0 Å². The van der Waals surface area contributed by atoms with Gasteiger partial charge in [-0.25, -0.2) is 4.98 Å². The van der Waals surface area contributed by atoms with Gasteiger partial charge in [-0.2, -0.15) is 0 Å². The smallest absolute Gasteiger partial charge is 0.238 e. The number of thioether (sulfide) groups is 1. The first-order chi connectivity index (χ1) is 9.16. The summed E-state index contributed by atoms with van der Waals surface area (Å²) in [5.41, 5.74) is 0.966. The number of hydrogen-bond acceptors (Lipinski definition) is 3. The number of carbonyl (C=O) groups is 1. The first kappa shape index (κ1) is 13.6. The lowest BCUT2D eigenvalue weighted by Crippen LogP contribution is -2.23. The van der Waals surface area contributed by atoms with Crippen LogP contribution in [0, 0.1) is 6.92 Å². The molecule has 1 unspecified atom stereocenters. The molecule has 3 nitrogen and oxygen atoms in total. The maximum atomic E-state index is 12.1. The van der Waals surface area contributed by atoms with Gasteiger partial charge in [0.05, 0.1) is 5.25 Å². The highest BCUT2D eigenvalue weighted by atomic mass is 32.2. The fraction of sp³-hybridized carbons (Fsp3) is 0.200. The lowest BCUT2D eigenvalue weighted by atomic mass is 10.3. The third-order valence-electron chi connectivity index (χ3n) is 2.68. The van der Waals surface area contributed by atoms with Crippen molar-refractivity contribution in [2.45, 2.75) is 24.0 Å². The number of aryl methyl sites for hydroxylation is 1. The number of nitrogens with one attached hydrogen (secondary N) is 1. The van der Waals surface area contributed by atoms with Crippen LogP contribution >= 0.6 is 11.8 Å². The Morgan fingerprint density at radius 1 is 1.21 bits per heavy atom. The van der Waals surface area contributed by atoms with E-state index in [1.54, 1.807) is 6.20 Å². The van der Waals surface area contributed by atoms with E-state index in [2.05, 4.69) is 10.3 Å². The van der Waals surface area contributed by atoms with Gasteiger partial charge in [-0.15, -0.1) is 11.8 Å². The molecule has 1 amide bonds. The Hall–Kier alpha value is -1.81. The molecule has 2 aromatic rings. The molecule has 2 rings (SSSR count). The van der Waals surface area contributed by atoms with E-state index in [0.29, 0.717) is 5.82 Å². The van der Waals surface area contributed by atoms with E-state index in [1.165, 1.54) is 11.8 Å². The molecule has 1 heterocycles. The molecule has 0 radical (unpaired) electrons. The average molecular weight is 272 g/mol. The van der Waals surface area contributed by atoms with Crippen LogP contribution in [0.25, 0.3) is 0 Å². The van der Waals surface area contributed by atoms with Gasteiger partial charge in [0.1, 0.15) is 5.82 Å². The maximum Gasteiger partial charge on any atom is 0.238 e. The van der Waals surface area contributed by atoms with Crippen LogP contribution in [-0.4, -0.2) is 16.1 Å². The number of rotatable bonds is 4. The van der Waals surface area contributed by atoms with Gasteiger partial charge in [0.15, 0.2) is 0 Å². The van der Waals surface area contributed by atoms with E-state index in [4.69, 9.17) is 0 Å². The van der Waals surface area contributed by atoms with Gasteiger partial charge >= 0.3 is 0 Å². The van der Waals surface area contributed by atoms with E-state index < -0.39 is 0 Å². The van der Waals surface area contributed by atoms with Crippen LogP contribution in [0.2, 0.25) is 0 Å². The Morgan fingerprint density at radius 3 is 2.63 bits per heavy atom. The summed E-state index contributed by atoms with van der Waals surface area (Å²) in [6.45, 7) is 3.82.